The van der Waals surface area contributed by atoms with Gasteiger partial charge in [0.05, 0.1) is 17.9 Å². The first-order valence-corrected chi connectivity index (χ1v) is 13.5. The molecule has 1 heterocycles. The lowest BCUT2D eigenvalue weighted by molar-refractivity contribution is -0.142. The fourth-order valence-electron chi connectivity index (χ4n) is 5.92. The second-order valence-electron chi connectivity index (χ2n) is 9.84. The van der Waals surface area contributed by atoms with Crippen LogP contribution in [0.2, 0.25) is 0 Å². The van der Waals surface area contributed by atoms with Crippen LogP contribution in [0, 0.1) is 5.92 Å². The van der Waals surface area contributed by atoms with E-state index in [1.807, 2.05) is 36.4 Å². The first kappa shape index (κ1) is 23.9. The molecule has 3 aromatic rings. The van der Waals surface area contributed by atoms with Gasteiger partial charge in [-0.15, -0.1) is 0 Å². The molecule has 0 aliphatic heterocycles. The number of esters is 1. The lowest BCUT2D eigenvalue weighted by atomic mass is 9.60. The van der Waals surface area contributed by atoms with Crippen LogP contribution in [0.25, 0.3) is 11.3 Å². The number of ether oxygens (including phenoxy) is 1. The fourth-order valence-corrected chi connectivity index (χ4v) is 6.90. The lowest BCUT2D eigenvalue weighted by Crippen LogP contribution is -2.43. The minimum absolute atomic E-state index is 0.0873. The lowest BCUT2D eigenvalue weighted by Gasteiger charge is -2.43. The Labute approximate surface area is 210 Å². The van der Waals surface area contributed by atoms with Crippen molar-refractivity contribution in [3.05, 3.63) is 81.6 Å². The third kappa shape index (κ3) is 4.56. The summed E-state index contributed by atoms with van der Waals surface area (Å²) >= 11 is 1.25. The molecule has 0 unspecified atom stereocenters. The van der Waals surface area contributed by atoms with Gasteiger partial charge in [0.25, 0.3) is 5.56 Å². The summed E-state index contributed by atoms with van der Waals surface area (Å²) in [4.78, 5) is 34.7. The number of carbonyl (C=O) groups is 1. The summed E-state index contributed by atoms with van der Waals surface area (Å²) in [5, 5.41) is -0.167. The summed E-state index contributed by atoms with van der Waals surface area (Å²) in [6.45, 7) is 4.35. The van der Waals surface area contributed by atoms with Gasteiger partial charge >= 0.3 is 5.97 Å². The van der Waals surface area contributed by atoms with E-state index in [1.54, 1.807) is 6.92 Å². The number of fused-ring (bicyclic) bond motifs is 3. The molecule has 2 atom stereocenters. The van der Waals surface area contributed by atoms with Crippen LogP contribution < -0.4 is 5.56 Å². The zero-order valence-electron chi connectivity index (χ0n) is 20.4. The molecule has 2 aromatic carbocycles. The van der Waals surface area contributed by atoms with Gasteiger partial charge in [0.15, 0.2) is 5.16 Å². The molecular weight excluding hydrogens is 456 g/mol. The van der Waals surface area contributed by atoms with Crippen LogP contribution >= 0.6 is 11.8 Å². The molecular formula is C29H32N2O3S. The number of aromatic nitrogens is 2. The highest BCUT2D eigenvalue weighted by Gasteiger charge is 2.44. The zero-order valence-corrected chi connectivity index (χ0v) is 21.2. The number of nitrogens with zero attached hydrogens (tertiary/aromatic N) is 1. The molecule has 2 aliphatic carbocycles. The van der Waals surface area contributed by atoms with Gasteiger partial charge in [0.2, 0.25) is 0 Å². The van der Waals surface area contributed by atoms with Gasteiger partial charge in [-0.05, 0) is 43.2 Å². The zero-order chi connectivity index (χ0) is 24.4. The second kappa shape index (κ2) is 10.0. The van der Waals surface area contributed by atoms with Crippen LogP contribution in [-0.4, -0.2) is 22.5 Å². The van der Waals surface area contributed by atoms with Crippen LogP contribution in [0.1, 0.15) is 67.9 Å². The maximum absolute atomic E-state index is 13.7. The Morgan fingerprint density at radius 1 is 1.11 bits per heavy atom. The normalized spacial score (nSPS) is 20.5. The largest absolute Gasteiger partial charge is 0.465 e. The van der Waals surface area contributed by atoms with E-state index >= 15 is 0 Å². The standard InChI is InChI=1S/C29H32N2O3S/c1-3-34-27(33)25(19-12-6-4-7-13-19)35-28-30-24-22-17-11-10-14-20(22)18-29(2,23(24)26(32)31-28)21-15-8-5-9-16-21/h4,6-7,10-14,17,21,25H,3,5,8-9,15-16,18H2,1-2H3,(H,30,31,32)/t25-,29+/m0/s1. The number of thioether (sulfide) groups is 1. The Hall–Kier alpha value is -2.86. The Balaban J connectivity index is 1.60. The minimum atomic E-state index is -0.610. The maximum Gasteiger partial charge on any atom is 0.324 e. The van der Waals surface area contributed by atoms with Gasteiger partial charge in [0, 0.05) is 11.0 Å². The predicted molar refractivity (Wildman–Crippen MR) is 140 cm³/mol. The number of hydrogen-bond donors (Lipinski definition) is 1. The van der Waals surface area contributed by atoms with Crippen LogP contribution in [-0.2, 0) is 21.4 Å². The maximum atomic E-state index is 13.7. The Morgan fingerprint density at radius 3 is 2.57 bits per heavy atom. The number of nitrogens with one attached hydrogen (secondary N) is 1. The quantitative estimate of drug-likeness (QED) is 0.253. The summed E-state index contributed by atoms with van der Waals surface area (Å²) < 4.78 is 5.36. The van der Waals surface area contributed by atoms with Gasteiger partial charge in [0.1, 0.15) is 5.25 Å². The van der Waals surface area contributed by atoms with Crippen LogP contribution in [0.3, 0.4) is 0 Å². The molecule has 2 aliphatic rings. The second-order valence-corrected chi connectivity index (χ2v) is 10.9. The fraction of sp³-hybridized carbons (Fsp3) is 0.414. The van der Waals surface area contributed by atoms with E-state index in [0.29, 0.717) is 17.7 Å². The van der Waals surface area contributed by atoms with E-state index in [4.69, 9.17) is 9.72 Å². The van der Waals surface area contributed by atoms with E-state index in [-0.39, 0.29) is 16.9 Å². The highest BCUT2D eigenvalue weighted by atomic mass is 32.2. The molecule has 1 N–H and O–H groups in total. The number of rotatable bonds is 6. The molecule has 35 heavy (non-hydrogen) atoms. The molecule has 0 spiro atoms. The number of carbonyl (C=O) groups excluding carboxylic acids is 1. The first-order chi connectivity index (χ1) is 17.0. The van der Waals surface area contributed by atoms with Crippen molar-refractivity contribution in [1.82, 2.24) is 9.97 Å². The third-order valence-electron chi connectivity index (χ3n) is 7.64. The topological polar surface area (TPSA) is 72.0 Å². The molecule has 0 saturated heterocycles. The summed E-state index contributed by atoms with van der Waals surface area (Å²) in [6.07, 6.45) is 6.85. The minimum Gasteiger partial charge on any atom is -0.465 e. The van der Waals surface area contributed by atoms with Crippen molar-refractivity contribution in [3.63, 3.8) is 0 Å². The number of aromatic amines is 1. The van der Waals surface area contributed by atoms with E-state index in [1.165, 1.54) is 36.6 Å². The molecule has 5 rings (SSSR count). The average molecular weight is 489 g/mol. The molecule has 0 radical (unpaired) electrons. The van der Waals surface area contributed by atoms with Gasteiger partial charge in [-0.1, -0.05) is 92.5 Å². The molecule has 0 amide bonds. The van der Waals surface area contributed by atoms with Crippen molar-refractivity contribution in [1.29, 1.82) is 0 Å². The Kier molecular flexibility index (Phi) is 6.83. The summed E-state index contributed by atoms with van der Waals surface area (Å²) in [7, 11) is 0. The van der Waals surface area contributed by atoms with Gasteiger partial charge in [-0.3, -0.25) is 9.59 Å². The molecule has 6 heteroatoms. The van der Waals surface area contributed by atoms with Gasteiger partial charge < -0.3 is 9.72 Å². The van der Waals surface area contributed by atoms with Crippen molar-refractivity contribution in [2.45, 2.75) is 68.2 Å². The smallest absolute Gasteiger partial charge is 0.324 e. The molecule has 1 aromatic heterocycles. The predicted octanol–water partition coefficient (Wildman–Crippen LogP) is 6.23. The van der Waals surface area contributed by atoms with Gasteiger partial charge in [-0.25, -0.2) is 4.98 Å². The van der Waals surface area contributed by atoms with Crippen molar-refractivity contribution >= 4 is 17.7 Å². The molecule has 0 bridgehead atoms. The highest BCUT2D eigenvalue weighted by Crippen LogP contribution is 2.49. The summed E-state index contributed by atoms with van der Waals surface area (Å²) in [6, 6.07) is 17.8. The van der Waals surface area contributed by atoms with Crippen molar-refractivity contribution in [3.8, 4) is 11.3 Å². The van der Waals surface area contributed by atoms with Crippen molar-refractivity contribution in [2.24, 2.45) is 5.92 Å². The highest BCUT2D eigenvalue weighted by molar-refractivity contribution is 8.00. The summed E-state index contributed by atoms with van der Waals surface area (Å²) in [5.41, 5.74) is 4.32. The Morgan fingerprint density at radius 2 is 1.83 bits per heavy atom. The third-order valence-corrected chi connectivity index (χ3v) is 8.75. The summed E-state index contributed by atoms with van der Waals surface area (Å²) in [5.74, 6) is 0.123. The van der Waals surface area contributed by atoms with E-state index in [9.17, 15) is 9.59 Å². The van der Waals surface area contributed by atoms with Crippen molar-refractivity contribution < 1.29 is 9.53 Å². The van der Waals surface area contributed by atoms with E-state index < -0.39 is 5.25 Å². The van der Waals surface area contributed by atoms with Crippen LogP contribution in [0.4, 0.5) is 0 Å². The average Bonchev–Trinajstić information content (AvgIpc) is 2.88. The van der Waals surface area contributed by atoms with Crippen LogP contribution in [0.15, 0.2) is 64.5 Å². The number of benzene rings is 2. The van der Waals surface area contributed by atoms with Gasteiger partial charge in [-0.2, -0.15) is 0 Å². The number of hydrogen-bond acceptors (Lipinski definition) is 5. The Bertz CT molecular complexity index is 1270. The molecule has 5 nitrogen and oxygen atoms in total. The van der Waals surface area contributed by atoms with E-state index in [0.717, 1.165) is 41.6 Å². The molecule has 1 fully saturated rings. The molecule has 182 valence electrons. The SMILES string of the molecule is CCOC(=O)[C@@H](Sc1nc2c(c(=O)[nH]1)[C@@](C)(C1CCCCC1)Cc1ccccc1-2)c1ccccc1. The monoisotopic (exact) mass is 488 g/mol. The van der Waals surface area contributed by atoms with E-state index in [2.05, 4.69) is 30.1 Å². The molecule has 1 saturated carbocycles. The first-order valence-electron chi connectivity index (χ1n) is 12.6. The number of H-pyrrole nitrogens is 1. The van der Waals surface area contributed by atoms with Crippen molar-refractivity contribution in [2.75, 3.05) is 6.61 Å². The van der Waals surface area contributed by atoms with Crippen LogP contribution in [0.5, 0.6) is 0 Å².